The molecule has 10 nitrogen and oxygen atoms in total. The first kappa shape index (κ1) is 32.7. The van der Waals surface area contributed by atoms with Gasteiger partial charge in [-0.15, -0.1) is 0 Å². The van der Waals surface area contributed by atoms with Gasteiger partial charge in [0, 0.05) is 51.2 Å². The fourth-order valence-corrected chi connectivity index (χ4v) is 4.09. The number of carboxylic acids is 2. The maximum Gasteiger partial charge on any atom is 0.490 e. The molecule has 0 aliphatic carbocycles. The van der Waals surface area contributed by atoms with Crippen molar-refractivity contribution in [2.75, 3.05) is 26.3 Å². The Balaban J connectivity index is 0.000000333. The number of carboxylic acid groups (broad SMARTS) is 2. The van der Waals surface area contributed by atoms with E-state index in [-0.39, 0.29) is 11.5 Å². The van der Waals surface area contributed by atoms with Gasteiger partial charge in [0.15, 0.2) is 5.82 Å². The third-order valence-electron chi connectivity index (χ3n) is 5.76. The van der Waals surface area contributed by atoms with Gasteiger partial charge in [0.05, 0.1) is 18.4 Å². The number of likely N-dealkylation sites (tertiary alicyclic amines) is 1. The third kappa shape index (κ3) is 10.6. The summed E-state index contributed by atoms with van der Waals surface area (Å²) < 4.78 is 90.5. The van der Waals surface area contributed by atoms with E-state index in [1.807, 2.05) is 17.9 Å². The Bertz CT molecular complexity index is 1100. The molecule has 17 heteroatoms. The lowest BCUT2D eigenvalue weighted by atomic mass is 9.79. The smallest absolute Gasteiger partial charge is 0.476 e. The molecule has 2 saturated heterocycles. The number of hydrogen-bond acceptors (Lipinski definition) is 7. The molecule has 224 valence electrons. The molecule has 2 N–H and O–H groups in total. The largest absolute Gasteiger partial charge is 0.490 e. The number of ether oxygens (including phenoxy) is 2. The number of alkyl halides is 6. The van der Waals surface area contributed by atoms with Gasteiger partial charge in [-0.25, -0.2) is 19.0 Å². The van der Waals surface area contributed by atoms with Crippen LogP contribution in [0.2, 0.25) is 0 Å². The van der Waals surface area contributed by atoms with Crippen molar-refractivity contribution >= 4 is 11.9 Å². The second-order valence-electron chi connectivity index (χ2n) is 9.09. The zero-order chi connectivity index (χ0) is 30.1. The minimum absolute atomic E-state index is 0.0125. The van der Waals surface area contributed by atoms with E-state index >= 15 is 0 Å². The zero-order valence-corrected chi connectivity index (χ0v) is 21.1. The van der Waals surface area contributed by atoms with Gasteiger partial charge in [-0.3, -0.25) is 9.58 Å². The van der Waals surface area contributed by atoms with Crippen LogP contribution in [0.15, 0.2) is 30.7 Å². The highest BCUT2D eigenvalue weighted by Gasteiger charge is 2.47. The molecule has 2 aromatic heterocycles. The predicted molar refractivity (Wildman–Crippen MR) is 122 cm³/mol. The molecule has 2 aliphatic rings. The topological polar surface area (TPSA) is 127 Å². The quantitative estimate of drug-likeness (QED) is 0.486. The van der Waals surface area contributed by atoms with E-state index in [1.165, 1.54) is 11.6 Å². The summed E-state index contributed by atoms with van der Waals surface area (Å²) in [5, 5.41) is 18.5. The molecule has 0 saturated carbocycles. The summed E-state index contributed by atoms with van der Waals surface area (Å²) >= 11 is 0. The molecule has 1 unspecified atom stereocenters. The minimum Gasteiger partial charge on any atom is -0.476 e. The Kier molecular flexibility index (Phi) is 11.2. The predicted octanol–water partition coefficient (Wildman–Crippen LogP) is 3.67. The highest BCUT2D eigenvalue weighted by Crippen LogP contribution is 2.38. The Hall–Kier alpha value is -3.47. The lowest BCUT2D eigenvalue weighted by Gasteiger charge is -2.53. The van der Waals surface area contributed by atoms with Crippen LogP contribution in [0.4, 0.5) is 30.7 Å². The molecule has 4 heterocycles. The van der Waals surface area contributed by atoms with Crippen molar-refractivity contribution in [3.63, 3.8) is 0 Å². The number of hydrogen-bond donors (Lipinski definition) is 2. The van der Waals surface area contributed by atoms with Crippen molar-refractivity contribution in [3.8, 4) is 5.88 Å². The SMILES string of the molecule is Cn1cc(CN2CC3(CC(CCOc4ncccc4F)CCO3)C2)cn1.O=C(O)C(F)(F)F.O=C(O)C(F)(F)F. The average Bonchev–Trinajstić information content (AvgIpc) is 3.24. The second-order valence-corrected chi connectivity index (χ2v) is 9.09. The molecule has 40 heavy (non-hydrogen) atoms. The van der Waals surface area contributed by atoms with Gasteiger partial charge in [0.2, 0.25) is 5.88 Å². The average molecular weight is 588 g/mol. The summed E-state index contributed by atoms with van der Waals surface area (Å²) in [6.07, 6.45) is -1.65. The summed E-state index contributed by atoms with van der Waals surface area (Å²) in [5.74, 6) is -5.27. The lowest BCUT2D eigenvalue weighted by Crippen LogP contribution is -2.64. The van der Waals surface area contributed by atoms with Crippen molar-refractivity contribution in [1.29, 1.82) is 0 Å². The van der Waals surface area contributed by atoms with Gasteiger partial charge in [0.25, 0.3) is 0 Å². The summed E-state index contributed by atoms with van der Waals surface area (Å²) in [6, 6.07) is 2.94. The number of halogens is 7. The molecule has 2 fully saturated rings. The molecule has 0 aromatic carbocycles. The van der Waals surface area contributed by atoms with Crippen LogP contribution in [-0.4, -0.2) is 86.1 Å². The second kappa shape index (κ2) is 13.7. The van der Waals surface area contributed by atoms with Crippen molar-refractivity contribution in [2.45, 2.75) is 43.8 Å². The van der Waals surface area contributed by atoms with E-state index in [9.17, 15) is 30.7 Å². The Morgan fingerprint density at radius 2 is 1.75 bits per heavy atom. The van der Waals surface area contributed by atoms with Gasteiger partial charge < -0.3 is 19.7 Å². The molecular weight excluding hydrogens is 561 g/mol. The zero-order valence-electron chi connectivity index (χ0n) is 21.1. The van der Waals surface area contributed by atoms with Crippen LogP contribution < -0.4 is 4.74 Å². The van der Waals surface area contributed by atoms with E-state index in [4.69, 9.17) is 29.3 Å². The van der Waals surface area contributed by atoms with Gasteiger partial charge in [-0.2, -0.15) is 31.4 Å². The van der Waals surface area contributed by atoms with Crippen LogP contribution in [-0.2, 0) is 27.9 Å². The fraction of sp³-hybridized carbons (Fsp3) is 0.565. The highest BCUT2D eigenvalue weighted by atomic mass is 19.4. The number of aryl methyl sites for hydroxylation is 1. The van der Waals surface area contributed by atoms with Crippen molar-refractivity contribution < 1.29 is 60.0 Å². The molecule has 2 aliphatic heterocycles. The number of rotatable bonds is 6. The van der Waals surface area contributed by atoms with E-state index in [1.54, 1.807) is 12.3 Å². The van der Waals surface area contributed by atoms with Crippen LogP contribution in [0, 0.1) is 11.7 Å². The first-order valence-corrected chi connectivity index (χ1v) is 11.7. The van der Waals surface area contributed by atoms with Crippen LogP contribution in [0.25, 0.3) is 0 Å². The van der Waals surface area contributed by atoms with E-state index in [2.05, 4.69) is 21.2 Å². The van der Waals surface area contributed by atoms with Crippen molar-refractivity contribution in [3.05, 3.63) is 42.1 Å². The molecule has 0 bridgehead atoms. The maximum atomic E-state index is 13.5. The Morgan fingerprint density at radius 1 is 1.15 bits per heavy atom. The Labute approximate surface area is 223 Å². The van der Waals surface area contributed by atoms with Gasteiger partial charge in [-0.05, 0) is 37.3 Å². The van der Waals surface area contributed by atoms with Gasteiger partial charge in [-0.1, -0.05) is 0 Å². The minimum atomic E-state index is -5.08. The van der Waals surface area contributed by atoms with Crippen LogP contribution in [0.1, 0.15) is 24.8 Å². The van der Waals surface area contributed by atoms with Gasteiger partial charge >= 0.3 is 24.3 Å². The molecule has 0 radical (unpaired) electrons. The normalized spacial score (nSPS) is 18.4. The fourth-order valence-electron chi connectivity index (χ4n) is 4.09. The highest BCUT2D eigenvalue weighted by molar-refractivity contribution is 5.73. The number of carbonyl (C=O) groups is 2. The molecule has 4 rings (SSSR count). The molecule has 2 aromatic rings. The molecule has 1 spiro atoms. The number of nitrogens with zero attached hydrogens (tertiary/aromatic N) is 4. The van der Waals surface area contributed by atoms with Gasteiger partial charge in [0.1, 0.15) is 0 Å². The van der Waals surface area contributed by atoms with Crippen LogP contribution >= 0.6 is 0 Å². The molecule has 1 atom stereocenters. The van der Waals surface area contributed by atoms with Crippen LogP contribution in [0.5, 0.6) is 5.88 Å². The summed E-state index contributed by atoms with van der Waals surface area (Å²) in [7, 11) is 1.94. The monoisotopic (exact) mass is 588 g/mol. The van der Waals surface area contributed by atoms with E-state index < -0.39 is 30.1 Å². The van der Waals surface area contributed by atoms with Crippen molar-refractivity contribution in [2.24, 2.45) is 13.0 Å². The van der Waals surface area contributed by atoms with E-state index in [0.717, 1.165) is 45.5 Å². The lowest BCUT2D eigenvalue weighted by molar-refractivity contribution is -0.193. The Morgan fingerprint density at radius 3 is 2.25 bits per heavy atom. The van der Waals surface area contributed by atoms with Crippen molar-refractivity contribution in [1.82, 2.24) is 19.7 Å². The number of aromatic nitrogens is 3. The maximum absolute atomic E-state index is 13.5. The summed E-state index contributed by atoms with van der Waals surface area (Å²) in [5.41, 5.74) is 1.22. The summed E-state index contributed by atoms with van der Waals surface area (Å²) in [6.45, 7) is 4.14. The molecule has 0 amide bonds. The first-order chi connectivity index (χ1) is 18.5. The van der Waals surface area contributed by atoms with E-state index in [0.29, 0.717) is 12.5 Å². The number of pyridine rings is 1. The summed E-state index contributed by atoms with van der Waals surface area (Å²) in [4.78, 5) is 24.1. The standard InChI is InChI=1S/C19H25FN4O2.2C2HF3O2/c1-23-11-16(10-22-23)12-24-13-19(14-24)9-15(5-8-26-19)4-7-25-18-17(20)3-2-6-21-18;2*3-2(4,5)1(6)7/h2-3,6,10-11,15H,4-5,7-9,12-14H2,1H3;2*(H,6,7). The number of aliphatic carboxylic acids is 2. The first-order valence-electron chi connectivity index (χ1n) is 11.7. The molecular formula is C23H27F7N4O6. The third-order valence-corrected chi connectivity index (χ3v) is 5.76. The van der Waals surface area contributed by atoms with Crippen LogP contribution in [0.3, 0.4) is 0 Å².